The van der Waals surface area contributed by atoms with Crippen LogP contribution < -0.4 is 5.73 Å². The highest BCUT2D eigenvalue weighted by molar-refractivity contribution is 5.86. The lowest BCUT2D eigenvalue weighted by Crippen LogP contribution is -2.10. The van der Waals surface area contributed by atoms with Crippen LogP contribution in [-0.4, -0.2) is 24.2 Å². The topological polar surface area (TPSA) is 57.2 Å². The minimum Gasteiger partial charge on any atom is -0.468 e. The van der Waals surface area contributed by atoms with E-state index < -0.39 is 0 Å². The molecule has 4 heteroatoms. The fraction of sp³-hybridized carbons (Fsp3) is 0.357. The first-order chi connectivity index (χ1) is 8.65. The minimum absolute atomic E-state index is 0.237. The van der Waals surface area contributed by atoms with E-state index in [0.29, 0.717) is 6.54 Å². The maximum Gasteiger partial charge on any atom is 0.325 e. The van der Waals surface area contributed by atoms with Crippen LogP contribution >= 0.6 is 0 Å². The van der Waals surface area contributed by atoms with Gasteiger partial charge < -0.3 is 15.0 Å². The standard InChI is InChI=1S/C14H18N2O2/c1-10-3-4-13-12(7-10)11(5-6-15)8-16(13)9-14(17)18-2/h3-4,7-8H,5-6,9,15H2,1-2H3. The van der Waals surface area contributed by atoms with Gasteiger partial charge >= 0.3 is 5.97 Å². The number of aryl methyl sites for hydroxylation is 1. The van der Waals surface area contributed by atoms with Gasteiger partial charge in [0, 0.05) is 17.1 Å². The average Bonchev–Trinajstić information content (AvgIpc) is 2.67. The summed E-state index contributed by atoms with van der Waals surface area (Å²) in [7, 11) is 1.40. The Bertz CT molecular complexity index is 572. The summed E-state index contributed by atoms with van der Waals surface area (Å²) in [5.41, 5.74) is 9.06. The number of nitrogens with zero attached hydrogens (tertiary/aromatic N) is 1. The third-order valence-corrected chi connectivity index (χ3v) is 3.06. The summed E-state index contributed by atoms with van der Waals surface area (Å²) in [4.78, 5) is 11.4. The van der Waals surface area contributed by atoms with Crippen molar-refractivity contribution in [1.29, 1.82) is 0 Å². The van der Waals surface area contributed by atoms with Crippen molar-refractivity contribution in [1.82, 2.24) is 4.57 Å². The van der Waals surface area contributed by atoms with Gasteiger partial charge in [0.15, 0.2) is 0 Å². The van der Waals surface area contributed by atoms with Crippen LogP contribution in [-0.2, 0) is 22.5 Å². The van der Waals surface area contributed by atoms with Gasteiger partial charge in [0.05, 0.1) is 7.11 Å². The highest BCUT2D eigenvalue weighted by Crippen LogP contribution is 2.23. The van der Waals surface area contributed by atoms with Gasteiger partial charge in [-0.15, -0.1) is 0 Å². The molecule has 4 nitrogen and oxygen atoms in total. The summed E-state index contributed by atoms with van der Waals surface area (Å²) in [5, 5.41) is 1.17. The van der Waals surface area contributed by atoms with Gasteiger partial charge in [-0.2, -0.15) is 0 Å². The number of hydrogen-bond acceptors (Lipinski definition) is 3. The van der Waals surface area contributed by atoms with E-state index in [4.69, 9.17) is 10.5 Å². The van der Waals surface area contributed by atoms with E-state index in [-0.39, 0.29) is 12.5 Å². The molecular weight excluding hydrogens is 228 g/mol. The Morgan fingerprint density at radius 3 is 2.89 bits per heavy atom. The fourth-order valence-electron chi connectivity index (χ4n) is 2.17. The molecule has 0 saturated carbocycles. The van der Waals surface area contributed by atoms with Crippen molar-refractivity contribution < 1.29 is 9.53 Å². The number of aromatic nitrogens is 1. The lowest BCUT2D eigenvalue weighted by atomic mass is 10.1. The molecule has 1 heterocycles. The van der Waals surface area contributed by atoms with Crippen molar-refractivity contribution in [2.24, 2.45) is 5.73 Å². The van der Waals surface area contributed by atoms with Crippen molar-refractivity contribution in [3.63, 3.8) is 0 Å². The molecule has 0 aliphatic rings. The van der Waals surface area contributed by atoms with Crippen LogP contribution in [0, 0.1) is 6.92 Å². The molecule has 0 radical (unpaired) electrons. The van der Waals surface area contributed by atoms with Crippen LogP contribution in [0.4, 0.5) is 0 Å². The molecule has 0 aliphatic carbocycles. The number of rotatable bonds is 4. The zero-order valence-corrected chi connectivity index (χ0v) is 10.8. The van der Waals surface area contributed by atoms with Crippen molar-refractivity contribution in [2.75, 3.05) is 13.7 Å². The lowest BCUT2D eigenvalue weighted by molar-refractivity contribution is -0.141. The molecule has 0 amide bonds. The second-order valence-electron chi connectivity index (χ2n) is 4.42. The molecule has 0 aliphatic heterocycles. The van der Waals surface area contributed by atoms with E-state index in [1.165, 1.54) is 23.6 Å². The molecule has 2 aromatic rings. The average molecular weight is 246 g/mol. The molecule has 18 heavy (non-hydrogen) atoms. The van der Waals surface area contributed by atoms with Crippen LogP contribution in [0.5, 0.6) is 0 Å². The molecule has 0 saturated heterocycles. The molecule has 2 rings (SSSR count). The van der Waals surface area contributed by atoms with Gasteiger partial charge in [-0.3, -0.25) is 4.79 Å². The van der Waals surface area contributed by atoms with Gasteiger partial charge in [-0.25, -0.2) is 0 Å². The number of nitrogens with two attached hydrogens (primary N) is 1. The predicted molar refractivity (Wildman–Crippen MR) is 71.4 cm³/mol. The van der Waals surface area contributed by atoms with E-state index in [9.17, 15) is 4.79 Å². The first kappa shape index (κ1) is 12.6. The van der Waals surface area contributed by atoms with Crippen molar-refractivity contribution in [3.05, 3.63) is 35.5 Å². The Morgan fingerprint density at radius 1 is 1.44 bits per heavy atom. The number of fused-ring (bicyclic) bond motifs is 1. The Kier molecular flexibility index (Phi) is 3.67. The van der Waals surface area contributed by atoms with Gasteiger partial charge in [0.25, 0.3) is 0 Å². The third kappa shape index (κ3) is 2.38. The van der Waals surface area contributed by atoms with E-state index in [0.717, 1.165) is 11.9 Å². The van der Waals surface area contributed by atoms with Crippen LogP contribution in [0.3, 0.4) is 0 Å². The molecule has 2 N–H and O–H groups in total. The van der Waals surface area contributed by atoms with E-state index >= 15 is 0 Å². The largest absolute Gasteiger partial charge is 0.468 e. The second kappa shape index (κ2) is 5.23. The molecule has 0 atom stereocenters. The molecule has 0 spiro atoms. The first-order valence-electron chi connectivity index (χ1n) is 6.01. The summed E-state index contributed by atoms with van der Waals surface area (Å²) < 4.78 is 6.63. The molecule has 0 bridgehead atoms. The maximum atomic E-state index is 11.4. The molecule has 0 fully saturated rings. The number of ether oxygens (including phenoxy) is 1. The smallest absolute Gasteiger partial charge is 0.325 e. The Morgan fingerprint density at radius 2 is 2.22 bits per heavy atom. The monoisotopic (exact) mass is 246 g/mol. The number of carbonyl (C=O) groups is 1. The minimum atomic E-state index is -0.244. The molecule has 1 aromatic heterocycles. The number of hydrogen-bond donors (Lipinski definition) is 1. The summed E-state index contributed by atoms with van der Waals surface area (Å²) in [6.45, 7) is 2.90. The first-order valence-corrected chi connectivity index (χ1v) is 6.01. The summed E-state index contributed by atoms with van der Waals surface area (Å²) in [5.74, 6) is -0.244. The van der Waals surface area contributed by atoms with Crippen LogP contribution in [0.25, 0.3) is 10.9 Å². The van der Waals surface area contributed by atoms with Gasteiger partial charge in [-0.05, 0) is 37.6 Å². The van der Waals surface area contributed by atoms with Gasteiger partial charge in [0.1, 0.15) is 6.54 Å². The maximum absolute atomic E-state index is 11.4. The Hall–Kier alpha value is -1.81. The fourth-order valence-corrected chi connectivity index (χ4v) is 2.17. The SMILES string of the molecule is COC(=O)Cn1cc(CCN)c2cc(C)ccc21. The number of esters is 1. The van der Waals surface area contributed by atoms with Gasteiger partial charge in [-0.1, -0.05) is 11.6 Å². The highest BCUT2D eigenvalue weighted by atomic mass is 16.5. The van der Waals surface area contributed by atoms with E-state index in [2.05, 4.69) is 13.0 Å². The Labute approximate surface area is 106 Å². The lowest BCUT2D eigenvalue weighted by Gasteiger charge is -2.03. The van der Waals surface area contributed by atoms with Crippen molar-refractivity contribution in [2.45, 2.75) is 19.9 Å². The van der Waals surface area contributed by atoms with E-state index in [1.807, 2.05) is 22.9 Å². The van der Waals surface area contributed by atoms with Crippen molar-refractivity contribution >= 4 is 16.9 Å². The quantitative estimate of drug-likeness (QED) is 0.834. The van der Waals surface area contributed by atoms with Gasteiger partial charge in [0.2, 0.25) is 0 Å². The zero-order chi connectivity index (χ0) is 13.1. The van der Waals surface area contributed by atoms with Crippen LogP contribution in [0.1, 0.15) is 11.1 Å². The molecule has 1 aromatic carbocycles. The predicted octanol–water partition coefficient (Wildman–Crippen LogP) is 1.62. The van der Waals surface area contributed by atoms with Crippen LogP contribution in [0.15, 0.2) is 24.4 Å². The molecule has 0 unspecified atom stereocenters. The highest BCUT2D eigenvalue weighted by Gasteiger charge is 2.10. The molecule has 96 valence electrons. The summed E-state index contributed by atoms with van der Waals surface area (Å²) in [6.07, 6.45) is 2.81. The van der Waals surface area contributed by atoms with Crippen LogP contribution in [0.2, 0.25) is 0 Å². The number of methoxy groups -OCH3 is 1. The van der Waals surface area contributed by atoms with Crippen molar-refractivity contribution in [3.8, 4) is 0 Å². The van der Waals surface area contributed by atoms with E-state index in [1.54, 1.807) is 0 Å². The Balaban J connectivity index is 2.50. The summed E-state index contributed by atoms with van der Waals surface area (Å²) >= 11 is 0. The number of benzene rings is 1. The normalized spacial score (nSPS) is 10.8. The second-order valence-corrected chi connectivity index (χ2v) is 4.42. The zero-order valence-electron chi connectivity index (χ0n) is 10.8. The summed E-state index contributed by atoms with van der Waals surface area (Å²) in [6, 6.07) is 6.21. The number of carbonyl (C=O) groups excluding carboxylic acids is 1. The third-order valence-electron chi connectivity index (χ3n) is 3.06. The molecular formula is C14H18N2O2.